The first kappa shape index (κ1) is 16.4. The number of nitrogens with zero attached hydrogens (tertiary/aromatic N) is 1. The van der Waals surface area contributed by atoms with Gasteiger partial charge in [0.15, 0.2) is 11.6 Å². The van der Waals surface area contributed by atoms with Crippen LogP contribution in [-0.4, -0.2) is 29.8 Å². The highest BCUT2D eigenvalue weighted by molar-refractivity contribution is 6.09. The third-order valence-corrected chi connectivity index (χ3v) is 3.92. The van der Waals surface area contributed by atoms with Crippen LogP contribution in [0, 0.1) is 17.0 Å². The van der Waals surface area contributed by atoms with Gasteiger partial charge in [0.2, 0.25) is 11.8 Å². The van der Waals surface area contributed by atoms with Gasteiger partial charge in [-0.15, -0.1) is 0 Å². The molecule has 2 rings (SSSR count). The van der Waals surface area contributed by atoms with Crippen molar-refractivity contribution in [1.29, 1.82) is 0 Å². The number of hydrogen-bond acceptors (Lipinski definition) is 2. The van der Waals surface area contributed by atoms with Crippen LogP contribution < -0.4 is 5.32 Å². The van der Waals surface area contributed by atoms with Gasteiger partial charge in [-0.1, -0.05) is 0 Å². The molecule has 4 nitrogen and oxygen atoms in total. The Morgan fingerprint density at radius 3 is 2.32 bits per heavy atom. The zero-order valence-corrected chi connectivity index (χ0v) is 12.8. The molecule has 0 radical (unpaired) electrons. The molecule has 1 heterocycles. The quantitative estimate of drug-likeness (QED) is 0.873. The fourth-order valence-electron chi connectivity index (χ4n) is 2.45. The monoisotopic (exact) mass is 310 g/mol. The van der Waals surface area contributed by atoms with Gasteiger partial charge in [-0.2, -0.15) is 0 Å². The maximum atomic E-state index is 13.2. The zero-order chi connectivity index (χ0) is 16.3. The lowest BCUT2D eigenvalue weighted by Gasteiger charge is -2.33. The highest BCUT2D eigenvalue weighted by Crippen LogP contribution is 2.24. The van der Waals surface area contributed by atoms with Crippen molar-refractivity contribution in [2.45, 2.75) is 33.1 Å². The predicted molar refractivity (Wildman–Crippen MR) is 79.2 cm³/mol. The van der Waals surface area contributed by atoms with Gasteiger partial charge < -0.3 is 10.2 Å². The van der Waals surface area contributed by atoms with Crippen LogP contribution in [0.5, 0.6) is 0 Å². The number of hydrogen-bond donors (Lipinski definition) is 1. The Bertz CT molecular complexity index is 582. The third-order valence-electron chi connectivity index (χ3n) is 3.92. The van der Waals surface area contributed by atoms with Crippen molar-refractivity contribution in [3.05, 3.63) is 29.8 Å². The minimum atomic E-state index is -1.26. The van der Waals surface area contributed by atoms with E-state index < -0.39 is 23.0 Å². The van der Waals surface area contributed by atoms with Gasteiger partial charge in [0.05, 0.1) is 0 Å². The Morgan fingerprint density at radius 2 is 1.73 bits per heavy atom. The van der Waals surface area contributed by atoms with Gasteiger partial charge in [0.25, 0.3) is 0 Å². The van der Waals surface area contributed by atoms with Crippen molar-refractivity contribution in [2.75, 3.05) is 18.4 Å². The number of carbonyl (C=O) groups is 2. The van der Waals surface area contributed by atoms with E-state index in [4.69, 9.17) is 0 Å². The molecular formula is C16H20F2N2O2. The minimum absolute atomic E-state index is 0.128. The lowest BCUT2D eigenvalue weighted by Crippen LogP contribution is -2.49. The molecule has 22 heavy (non-hydrogen) atoms. The van der Waals surface area contributed by atoms with E-state index in [9.17, 15) is 18.4 Å². The molecule has 0 aliphatic carbocycles. The molecule has 1 aromatic rings. The molecule has 2 amide bonds. The molecule has 0 spiro atoms. The molecule has 1 aliphatic heterocycles. The van der Waals surface area contributed by atoms with E-state index in [2.05, 4.69) is 5.32 Å². The summed E-state index contributed by atoms with van der Waals surface area (Å²) in [6, 6.07) is 3.09. The predicted octanol–water partition coefficient (Wildman–Crippen LogP) is 2.94. The number of nitrogens with one attached hydrogen (secondary N) is 1. The molecule has 1 fully saturated rings. The van der Waals surface area contributed by atoms with Gasteiger partial charge in [0, 0.05) is 24.8 Å². The van der Waals surface area contributed by atoms with Gasteiger partial charge >= 0.3 is 0 Å². The lowest BCUT2D eigenvalue weighted by atomic mass is 9.89. The SMILES string of the molecule is CC(C)(C(=O)Nc1ccc(F)c(F)c1)C(=O)N1CCCCC1. The smallest absolute Gasteiger partial charge is 0.239 e. The van der Waals surface area contributed by atoms with Crippen molar-refractivity contribution in [1.82, 2.24) is 4.90 Å². The average Bonchev–Trinajstić information content (AvgIpc) is 2.51. The van der Waals surface area contributed by atoms with Crippen molar-refractivity contribution < 1.29 is 18.4 Å². The van der Waals surface area contributed by atoms with Crippen LogP contribution in [0.3, 0.4) is 0 Å². The number of carbonyl (C=O) groups excluding carboxylic acids is 2. The first-order valence-corrected chi connectivity index (χ1v) is 7.38. The second kappa shape index (κ2) is 6.42. The third kappa shape index (κ3) is 3.43. The van der Waals surface area contributed by atoms with Crippen LogP contribution in [0.15, 0.2) is 18.2 Å². The molecule has 1 N–H and O–H groups in total. The second-order valence-corrected chi connectivity index (χ2v) is 6.06. The number of likely N-dealkylation sites (tertiary alicyclic amines) is 1. The summed E-state index contributed by atoms with van der Waals surface area (Å²) in [6.07, 6.45) is 2.96. The number of rotatable bonds is 3. The molecular weight excluding hydrogens is 290 g/mol. The number of halogens is 2. The van der Waals surface area contributed by atoms with Gasteiger partial charge in [-0.3, -0.25) is 9.59 Å². The van der Waals surface area contributed by atoms with Gasteiger partial charge in [-0.05, 0) is 45.2 Å². The summed E-state index contributed by atoms with van der Waals surface area (Å²) in [4.78, 5) is 26.5. The zero-order valence-electron chi connectivity index (χ0n) is 12.8. The number of piperidine rings is 1. The first-order chi connectivity index (χ1) is 10.3. The van der Waals surface area contributed by atoms with E-state index in [0.29, 0.717) is 13.1 Å². The Kier molecular flexibility index (Phi) is 4.78. The number of benzene rings is 1. The van der Waals surface area contributed by atoms with E-state index >= 15 is 0 Å². The van der Waals surface area contributed by atoms with E-state index in [0.717, 1.165) is 31.4 Å². The maximum Gasteiger partial charge on any atom is 0.239 e. The summed E-state index contributed by atoms with van der Waals surface area (Å²) in [5.41, 5.74) is -1.13. The van der Waals surface area contributed by atoms with Crippen LogP contribution in [0.4, 0.5) is 14.5 Å². The Hall–Kier alpha value is -1.98. The summed E-state index contributed by atoms with van der Waals surface area (Å²) in [6.45, 7) is 4.39. The summed E-state index contributed by atoms with van der Waals surface area (Å²) in [5, 5.41) is 2.48. The molecule has 0 atom stereocenters. The molecule has 120 valence electrons. The maximum absolute atomic E-state index is 13.2. The van der Waals surface area contributed by atoms with Crippen molar-refractivity contribution in [2.24, 2.45) is 5.41 Å². The Morgan fingerprint density at radius 1 is 1.09 bits per heavy atom. The first-order valence-electron chi connectivity index (χ1n) is 7.38. The molecule has 0 bridgehead atoms. The highest BCUT2D eigenvalue weighted by Gasteiger charge is 2.39. The standard InChI is InChI=1S/C16H20F2N2O2/c1-16(2,15(22)20-8-4-3-5-9-20)14(21)19-11-6-7-12(17)13(18)10-11/h6-7,10H,3-5,8-9H2,1-2H3,(H,19,21). The molecule has 0 aromatic heterocycles. The molecule has 0 saturated carbocycles. The minimum Gasteiger partial charge on any atom is -0.342 e. The molecule has 0 unspecified atom stereocenters. The Labute approximate surface area is 128 Å². The van der Waals surface area contributed by atoms with Crippen molar-refractivity contribution in [3.63, 3.8) is 0 Å². The van der Waals surface area contributed by atoms with Crippen LogP contribution in [0.2, 0.25) is 0 Å². The fourth-order valence-corrected chi connectivity index (χ4v) is 2.45. The average molecular weight is 310 g/mol. The fraction of sp³-hybridized carbons (Fsp3) is 0.500. The van der Waals surface area contributed by atoms with Crippen LogP contribution in [0.1, 0.15) is 33.1 Å². The topological polar surface area (TPSA) is 49.4 Å². The largest absolute Gasteiger partial charge is 0.342 e. The summed E-state index contributed by atoms with van der Waals surface area (Å²) >= 11 is 0. The van der Waals surface area contributed by atoms with Crippen LogP contribution in [0.25, 0.3) is 0 Å². The van der Waals surface area contributed by atoms with E-state index in [1.807, 2.05) is 0 Å². The number of anilines is 1. The molecule has 6 heteroatoms. The summed E-state index contributed by atoms with van der Waals surface area (Å²) < 4.78 is 26.1. The summed E-state index contributed by atoms with van der Waals surface area (Å²) in [7, 11) is 0. The van der Waals surface area contributed by atoms with Crippen LogP contribution in [-0.2, 0) is 9.59 Å². The normalized spacial score (nSPS) is 15.5. The van der Waals surface area contributed by atoms with Gasteiger partial charge in [-0.25, -0.2) is 8.78 Å². The van der Waals surface area contributed by atoms with Crippen molar-refractivity contribution >= 4 is 17.5 Å². The lowest BCUT2D eigenvalue weighted by molar-refractivity contribution is -0.147. The van der Waals surface area contributed by atoms with Gasteiger partial charge in [0.1, 0.15) is 5.41 Å². The van der Waals surface area contributed by atoms with Crippen LogP contribution >= 0.6 is 0 Å². The number of amides is 2. The van der Waals surface area contributed by atoms with Crippen molar-refractivity contribution in [3.8, 4) is 0 Å². The Balaban J connectivity index is 2.08. The highest BCUT2D eigenvalue weighted by atomic mass is 19.2. The molecule has 1 saturated heterocycles. The van der Waals surface area contributed by atoms with E-state index in [-0.39, 0.29) is 11.6 Å². The summed E-state index contributed by atoms with van der Waals surface area (Å²) in [5.74, 6) is -2.80. The second-order valence-electron chi connectivity index (χ2n) is 6.06. The van der Waals surface area contributed by atoms with E-state index in [1.54, 1.807) is 18.7 Å². The molecule has 1 aliphatic rings. The van der Waals surface area contributed by atoms with E-state index in [1.165, 1.54) is 6.07 Å². The molecule has 1 aromatic carbocycles.